The minimum absolute atomic E-state index is 0. The summed E-state index contributed by atoms with van der Waals surface area (Å²) in [7, 11) is 3.39. The summed E-state index contributed by atoms with van der Waals surface area (Å²) < 4.78 is 24.5. The second kappa shape index (κ2) is 12.5. The van der Waals surface area contributed by atoms with Gasteiger partial charge in [-0.05, 0) is 30.2 Å². The van der Waals surface area contributed by atoms with Crippen LogP contribution in [-0.2, 0) is 17.9 Å². The predicted molar refractivity (Wildman–Crippen MR) is 117 cm³/mol. The van der Waals surface area contributed by atoms with Crippen molar-refractivity contribution in [2.75, 3.05) is 20.7 Å². The minimum atomic E-state index is -0.364. The highest BCUT2D eigenvalue weighted by Crippen LogP contribution is 2.16. The van der Waals surface area contributed by atoms with Crippen molar-refractivity contribution >= 4 is 29.9 Å². The number of ether oxygens (including phenoxy) is 2. The summed E-state index contributed by atoms with van der Waals surface area (Å²) in [5.74, 6) is 0.538. The molecule has 0 saturated carbocycles. The number of nitrogens with zero attached hydrogens (tertiary/aromatic N) is 1. The maximum atomic E-state index is 13.6. The smallest absolute Gasteiger partial charge is 0.191 e. The number of nitrogens with one attached hydrogen (secondary N) is 2. The van der Waals surface area contributed by atoms with Crippen molar-refractivity contribution in [3.63, 3.8) is 0 Å². The molecule has 1 unspecified atom stereocenters. The van der Waals surface area contributed by atoms with E-state index in [4.69, 9.17) is 9.47 Å². The zero-order valence-corrected chi connectivity index (χ0v) is 18.2. The Morgan fingerprint density at radius 1 is 1.07 bits per heavy atom. The molecular weight excluding hydrogens is 460 g/mol. The molecule has 0 saturated heterocycles. The van der Waals surface area contributed by atoms with Gasteiger partial charge in [0, 0.05) is 20.7 Å². The summed E-state index contributed by atoms with van der Waals surface area (Å²) in [5, 5.41) is 6.46. The second-order valence-electron chi connectivity index (χ2n) is 5.87. The largest absolute Gasteiger partial charge is 0.486 e. The lowest BCUT2D eigenvalue weighted by Crippen LogP contribution is -2.41. The van der Waals surface area contributed by atoms with Gasteiger partial charge in [-0.2, -0.15) is 0 Å². The van der Waals surface area contributed by atoms with E-state index in [2.05, 4.69) is 21.7 Å². The molecule has 0 heterocycles. The molecule has 148 valence electrons. The van der Waals surface area contributed by atoms with E-state index in [0.29, 0.717) is 25.7 Å². The van der Waals surface area contributed by atoms with Crippen molar-refractivity contribution in [2.45, 2.75) is 26.2 Å². The molecule has 0 aromatic heterocycles. The fraction of sp³-hybridized carbons (Fsp3) is 0.350. The molecule has 0 spiro atoms. The van der Waals surface area contributed by atoms with E-state index in [1.54, 1.807) is 32.4 Å². The highest BCUT2D eigenvalue weighted by molar-refractivity contribution is 14.0. The van der Waals surface area contributed by atoms with Crippen LogP contribution < -0.4 is 15.4 Å². The fourth-order valence-corrected chi connectivity index (χ4v) is 2.46. The van der Waals surface area contributed by atoms with Crippen LogP contribution in [0.15, 0.2) is 53.5 Å². The Morgan fingerprint density at radius 2 is 1.74 bits per heavy atom. The average Bonchev–Trinajstić information content (AvgIpc) is 2.65. The van der Waals surface area contributed by atoms with Crippen molar-refractivity contribution in [3.05, 3.63) is 65.5 Å². The monoisotopic (exact) mass is 487 g/mol. The number of para-hydroxylation sites is 1. The highest BCUT2D eigenvalue weighted by atomic mass is 127. The van der Waals surface area contributed by atoms with Crippen LogP contribution in [0, 0.1) is 5.82 Å². The third kappa shape index (κ3) is 7.72. The zero-order chi connectivity index (χ0) is 18.8. The Hall–Kier alpha value is -1.87. The summed E-state index contributed by atoms with van der Waals surface area (Å²) in [4.78, 5) is 4.21. The van der Waals surface area contributed by atoms with Gasteiger partial charge < -0.3 is 20.1 Å². The van der Waals surface area contributed by atoms with Gasteiger partial charge in [-0.3, -0.25) is 4.99 Å². The van der Waals surface area contributed by atoms with E-state index in [0.717, 1.165) is 11.1 Å². The third-order valence-corrected chi connectivity index (χ3v) is 3.81. The molecular formula is C20H27FIN3O2. The topological polar surface area (TPSA) is 54.9 Å². The fourth-order valence-electron chi connectivity index (χ4n) is 2.46. The molecule has 2 rings (SSSR count). The van der Waals surface area contributed by atoms with E-state index >= 15 is 0 Å². The molecule has 2 aromatic carbocycles. The van der Waals surface area contributed by atoms with Crippen molar-refractivity contribution in [3.8, 4) is 5.75 Å². The molecule has 0 aliphatic rings. The standard InChI is InChI=1S/C20H26FN3O2.HI/c1-15(26-19-11-7-6-10-18(19)21)12-23-20(22-2)24-13-16-8-4-5-9-17(16)14-25-3;/h4-11,15H,12-14H2,1-3H3,(H2,22,23,24);1H. The molecule has 5 nitrogen and oxygen atoms in total. The number of halogens is 2. The van der Waals surface area contributed by atoms with Crippen LogP contribution in [0.5, 0.6) is 5.75 Å². The number of guanidine groups is 1. The molecule has 2 N–H and O–H groups in total. The van der Waals surface area contributed by atoms with Crippen LogP contribution in [0.3, 0.4) is 0 Å². The Bertz CT molecular complexity index is 728. The van der Waals surface area contributed by atoms with Crippen LogP contribution in [0.25, 0.3) is 0 Å². The molecule has 0 amide bonds. The average molecular weight is 487 g/mol. The summed E-state index contributed by atoms with van der Waals surface area (Å²) in [5.41, 5.74) is 2.28. The number of aliphatic imine (C=N–C) groups is 1. The summed E-state index contributed by atoms with van der Waals surface area (Å²) in [6.07, 6.45) is -0.216. The Balaban J connectivity index is 0.00000364. The van der Waals surface area contributed by atoms with Crippen LogP contribution in [0.2, 0.25) is 0 Å². The normalized spacial score (nSPS) is 12.1. The number of methoxy groups -OCH3 is 1. The second-order valence-corrected chi connectivity index (χ2v) is 5.87. The number of rotatable bonds is 8. The van der Waals surface area contributed by atoms with Gasteiger partial charge in [0.05, 0.1) is 13.2 Å². The lowest BCUT2D eigenvalue weighted by Gasteiger charge is -2.18. The Morgan fingerprint density at radius 3 is 2.41 bits per heavy atom. The highest BCUT2D eigenvalue weighted by Gasteiger charge is 2.09. The molecule has 27 heavy (non-hydrogen) atoms. The zero-order valence-electron chi connectivity index (χ0n) is 15.9. The molecule has 7 heteroatoms. The lowest BCUT2D eigenvalue weighted by atomic mass is 10.1. The summed E-state index contributed by atoms with van der Waals surface area (Å²) in [6.45, 7) is 3.56. The van der Waals surface area contributed by atoms with Gasteiger partial charge in [0.1, 0.15) is 6.10 Å². The molecule has 0 radical (unpaired) electrons. The van der Waals surface area contributed by atoms with Gasteiger partial charge in [0.2, 0.25) is 0 Å². The van der Waals surface area contributed by atoms with Gasteiger partial charge >= 0.3 is 0 Å². The van der Waals surface area contributed by atoms with Gasteiger partial charge in [-0.1, -0.05) is 36.4 Å². The first kappa shape index (κ1) is 23.2. The molecule has 2 aromatic rings. The summed E-state index contributed by atoms with van der Waals surface area (Å²) >= 11 is 0. The van der Waals surface area contributed by atoms with E-state index in [-0.39, 0.29) is 41.6 Å². The SMILES string of the molecule is CN=C(NCc1ccccc1COC)NCC(C)Oc1ccccc1F.I. The van der Waals surface area contributed by atoms with Crippen LogP contribution in [0.1, 0.15) is 18.1 Å². The Kier molecular flexibility index (Phi) is 10.7. The van der Waals surface area contributed by atoms with E-state index in [1.807, 2.05) is 25.1 Å². The van der Waals surface area contributed by atoms with Gasteiger partial charge in [-0.15, -0.1) is 24.0 Å². The number of benzene rings is 2. The Labute approximate surface area is 177 Å². The maximum absolute atomic E-state index is 13.6. The molecule has 0 fully saturated rings. The van der Waals surface area contributed by atoms with E-state index in [1.165, 1.54) is 6.07 Å². The first-order chi connectivity index (χ1) is 12.6. The van der Waals surface area contributed by atoms with Crippen LogP contribution >= 0.6 is 24.0 Å². The van der Waals surface area contributed by atoms with Crippen molar-refractivity contribution < 1.29 is 13.9 Å². The third-order valence-electron chi connectivity index (χ3n) is 3.81. The van der Waals surface area contributed by atoms with Crippen LogP contribution in [0.4, 0.5) is 4.39 Å². The molecule has 0 aliphatic heterocycles. The van der Waals surface area contributed by atoms with Gasteiger partial charge in [0.25, 0.3) is 0 Å². The number of hydrogen-bond donors (Lipinski definition) is 2. The molecule has 0 aliphatic carbocycles. The van der Waals surface area contributed by atoms with Gasteiger partial charge in [-0.25, -0.2) is 4.39 Å². The van der Waals surface area contributed by atoms with E-state index in [9.17, 15) is 4.39 Å². The van der Waals surface area contributed by atoms with Crippen LogP contribution in [-0.4, -0.2) is 32.8 Å². The maximum Gasteiger partial charge on any atom is 0.191 e. The number of hydrogen-bond acceptors (Lipinski definition) is 3. The minimum Gasteiger partial charge on any atom is -0.486 e. The molecule has 0 bridgehead atoms. The van der Waals surface area contributed by atoms with Crippen molar-refractivity contribution in [1.29, 1.82) is 0 Å². The van der Waals surface area contributed by atoms with Gasteiger partial charge in [0.15, 0.2) is 17.5 Å². The van der Waals surface area contributed by atoms with Crippen molar-refractivity contribution in [2.24, 2.45) is 4.99 Å². The quantitative estimate of drug-likeness (QED) is 0.339. The van der Waals surface area contributed by atoms with E-state index < -0.39 is 0 Å². The first-order valence-corrected chi connectivity index (χ1v) is 8.55. The lowest BCUT2D eigenvalue weighted by molar-refractivity contribution is 0.184. The molecule has 1 atom stereocenters. The first-order valence-electron chi connectivity index (χ1n) is 8.55. The predicted octanol–water partition coefficient (Wildman–Crippen LogP) is 3.72. The summed E-state index contributed by atoms with van der Waals surface area (Å²) in [6, 6.07) is 14.5. The van der Waals surface area contributed by atoms with Crippen molar-refractivity contribution in [1.82, 2.24) is 10.6 Å².